The predicted molar refractivity (Wildman–Crippen MR) is 93.3 cm³/mol. The molecule has 2 rings (SSSR count). The molecule has 0 aliphatic carbocycles. The molecule has 4 N–H and O–H groups in total. The van der Waals surface area contributed by atoms with Gasteiger partial charge in [-0.25, -0.2) is 5.48 Å². The molecular weight excluding hydrogens is 344 g/mol. The minimum Gasteiger partial charge on any atom is -0.395 e. The normalized spacial score (nSPS) is 16.0. The SMILES string of the molecule is COC1(C(NC(=O)c2ccc(C#CCCO)cc2)C(=O)NO)CSC1. The molecule has 0 spiro atoms. The van der Waals surface area contributed by atoms with Crippen LogP contribution in [-0.2, 0) is 9.53 Å². The molecule has 2 amide bonds. The number of benzene rings is 1. The van der Waals surface area contributed by atoms with E-state index in [-0.39, 0.29) is 6.61 Å². The second-order valence-corrected chi connectivity index (χ2v) is 6.48. The molecule has 8 heteroatoms. The number of nitrogens with one attached hydrogen (secondary N) is 2. The average Bonchev–Trinajstić information content (AvgIpc) is 2.60. The van der Waals surface area contributed by atoms with Crippen LogP contribution in [0.15, 0.2) is 24.3 Å². The van der Waals surface area contributed by atoms with Crippen molar-refractivity contribution >= 4 is 23.6 Å². The first-order valence-corrected chi connectivity index (χ1v) is 8.79. The maximum absolute atomic E-state index is 12.4. The van der Waals surface area contributed by atoms with Crippen molar-refractivity contribution in [3.63, 3.8) is 0 Å². The number of rotatable bonds is 6. The van der Waals surface area contributed by atoms with E-state index in [0.29, 0.717) is 23.5 Å². The first-order valence-electron chi connectivity index (χ1n) is 7.64. The Morgan fingerprint density at radius 1 is 1.36 bits per heavy atom. The molecule has 1 aromatic carbocycles. The number of ether oxygens (including phenoxy) is 1. The van der Waals surface area contributed by atoms with Crippen molar-refractivity contribution in [3.05, 3.63) is 35.4 Å². The molecule has 1 aliphatic rings. The largest absolute Gasteiger partial charge is 0.395 e. The van der Waals surface area contributed by atoms with Crippen LogP contribution in [0.3, 0.4) is 0 Å². The minimum atomic E-state index is -1.000. The minimum absolute atomic E-state index is 0.00132. The van der Waals surface area contributed by atoms with Crippen molar-refractivity contribution in [2.24, 2.45) is 0 Å². The molecule has 1 unspecified atom stereocenters. The molecule has 1 fully saturated rings. The summed E-state index contributed by atoms with van der Waals surface area (Å²) in [5, 5.41) is 20.3. The molecule has 0 radical (unpaired) electrons. The summed E-state index contributed by atoms with van der Waals surface area (Å²) in [4.78, 5) is 24.4. The van der Waals surface area contributed by atoms with Gasteiger partial charge >= 0.3 is 0 Å². The number of thioether (sulfide) groups is 1. The van der Waals surface area contributed by atoms with Gasteiger partial charge in [0.15, 0.2) is 0 Å². The summed E-state index contributed by atoms with van der Waals surface area (Å²) in [6, 6.07) is 5.57. The van der Waals surface area contributed by atoms with Crippen LogP contribution in [0.1, 0.15) is 22.3 Å². The summed E-state index contributed by atoms with van der Waals surface area (Å²) in [5.74, 6) is 5.59. The highest BCUT2D eigenvalue weighted by Gasteiger charge is 2.49. The van der Waals surface area contributed by atoms with Crippen LogP contribution in [-0.4, -0.2) is 59.0 Å². The molecule has 134 valence electrons. The first kappa shape index (κ1) is 19.3. The van der Waals surface area contributed by atoms with Gasteiger partial charge in [-0.1, -0.05) is 11.8 Å². The van der Waals surface area contributed by atoms with Crippen molar-refractivity contribution in [1.29, 1.82) is 0 Å². The Hall–Kier alpha value is -2.05. The molecule has 0 aromatic heterocycles. The topological polar surface area (TPSA) is 108 Å². The lowest BCUT2D eigenvalue weighted by molar-refractivity contribution is -0.138. The lowest BCUT2D eigenvalue weighted by Crippen LogP contribution is -2.66. The van der Waals surface area contributed by atoms with Crippen LogP contribution >= 0.6 is 11.8 Å². The van der Waals surface area contributed by atoms with Crippen LogP contribution in [0.5, 0.6) is 0 Å². The molecular formula is C17H20N2O5S. The first-order chi connectivity index (χ1) is 12.1. The molecule has 25 heavy (non-hydrogen) atoms. The van der Waals surface area contributed by atoms with Gasteiger partial charge in [-0.15, -0.1) is 0 Å². The lowest BCUT2D eigenvalue weighted by Gasteiger charge is -2.44. The van der Waals surface area contributed by atoms with E-state index < -0.39 is 23.5 Å². The van der Waals surface area contributed by atoms with Crippen LogP contribution in [0.2, 0.25) is 0 Å². The fourth-order valence-electron chi connectivity index (χ4n) is 2.35. The molecule has 1 atom stereocenters. The third kappa shape index (κ3) is 4.52. The van der Waals surface area contributed by atoms with Gasteiger partial charge < -0.3 is 15.2 Å². The Labute approximate surface area is 150 Å². The average molecular weight is 364 g/mol. The van der Waals surface area contributed by atoms with Crippen molar-refractivity contribution in [1.82, 2.24) is 10.8 Å². The molecule has 1 saturated heterocycles. The number of hydrogen-bond acceptors (Lipinski definition) is 6. The van der Waals surface area contributed by atoms with Crippen molar-refractivity contribution in [3.8, 4) is 11.8 Å². The van der Waals surface area contributed by atoms with Crippen LogP contribution in [0, 0.1) is 11.8 Å². The summed E-state index contributed by atoms with van der Waals surface area (Å²) >= 11 is 1.59. The van der Waals surface area contributed by atoms with E-state index in [2.05, 4.69) is 17.2 Å². The molecule has 0 saturated carbocycles. The number of hydroxylamine groups is 1. The second kappa shape index (κ2) is 8.87. The van der Waals surface area contributed by atoms with E-state index in [0.717, 1.165) is 5.56 Å². The van der Waals surface area contributed by atoms with E-state index in [1.807, 2.05) is 0 Å². The Balaban J connectivity index is 2.10. The number of carbonyl (C=O) groups excluding carboxylic acids is 2. The van der Waals surface area contributed by atoms with E-state index >= 15 is 0 Å². The summed E-state index contributed by atoms with van der Waals surface area (Å²) in [6.07, 6.45) is 0.386. The number of hydrogen-bond donors (Lipinski definition) is 4. The second-order valence-electron chi connectivity index (χ2n) is 5.50. The Bertz CT molecular complexity index is 671. The highest BCUT2D eigenvalue weighted by atomic mass is 32.2. The van der Waals surface area contributed by atoms with Crippen LogP contribution in [0.25, 0.3) is 0 Å². The summed E-state index contributed by atoms with van der Waals surface area (Å²) in [5.41, 5.74) is 1.84. The molecule has 1 aromatic rings. The molecule has 0 bridgehead atoms. The van der Waals surface area contributed by atoms with Gasteiger partial charge in [0.1, 0.15) is 11.6 Å². The Kier molecular flexibility index (Phi) is 6.84. The van der Waals surface area contributed by atoms with Crippen LogP contribution < -0.4 is 10.8 Å². The third-order valence-electron chi connectivity index (χ3n) is 3.89. The highest BCUT2D eigenvalue weighted by molar-refractivity contribution is 8.00. The zero-order valence-corrected chi connectivity index (χ0v) is 14.6. The van der Waals surface area contributed by atoms with Gasteiger partial charge in [0.25, 0.3) is 11.8 Å². The zero-order valence-electron chi connectivity index (χ0n) is 13.7. The van der Waals surface area contributed by atoms with Gasteiger partial charge in [-0.3, -0.25) is 14.8 Å². The standard InChI is InChI=1S/C17H20N2O5S/c1-24-17(10-25-11-17)14(16(22)19-23)18-15(21)13-7-5-12(6-8-13)4-2-3-9-20/h5-8,14,20,23H,3,9-11H2,1H3,(H,18,21)(H,19,22). The molecule has 7 nitrogen and oxygen atoms in total. The highest BCUT2D eigenvalue weighted by Crippen LogP contribution is 2.35. The number of carbonyl (C=O) groups is 2. The van der Waals surface area contributed by atoms with Gasteiger partial charge in [-0.05, 0) is 24.3 Å². The number of aliphatic hydroxyl groups excluding tert-OH is 1. The summed E-state index contributed by atoms with van der Waals surface area (Å²) < 4.78 is 5.42. The maximum atomic E-state index is 12.4. The lowest BCUT2D eigenvalue weighted by atomic mass is 9.95. The predicted octanol–water partition coefficient (Wildman–Crippen LogP) is 0.156. The van der Waals surface area contributed by atoms with Crippen molar-refractivity contribution < 1.29 is 24.6 Å². The third-order valence-corrected chi connectivity index (χ3v) is 5.28. The molecule has 1 heterocycles. The van der Waals surface area contributed by atoms with E-state index in [1.165, 1.54) is 7.11 Å². The van der Waals surface area contributed by atoms with Gasteiger partial charge in [0, 0.05) is 36.2 Å². The number of amides is 2. The summed E-state index contributed by atoms with van der Waals surface area (Å²) in [7, 11) is 1.48. The quantitative estimate of drug-likeness (QED) is 0.325. The molecule has 1 aliphatic heterocycles. The van der Waals surface area contributed by atoms with Crippen molar-refractivity contribution in [2.75, 3.05) is 25.2 Å². The Morgan fingerprint density at radius 2 is 2.04 bits per heavy atom. The van der Waals surface area contributed by atoms with E-state index in [9.17, 15) is 9.59 Å². The monoisotopic (exact) mass is 364 g/mol. The van der Waals surface area contributed by atoms with E-state index in [4.69, 9.17) is 15.1 Å². The smallest absolute Gasteiger partial charge is 0.268 e. The number of aliphatic hydroxyl groups is 1. The maximum Gasteiger partial charge on any atom is 0.268 e. The van der Waals surface area contributed by atoms with Crippen molar-refractivity contribution in [2.45, 2.75) is 18.1 Å². The zero-order chi connectivity index (χ0) is 18.3. The summed E-state index contributed by atoms with van der Waals surface area (Å²) in [6.45, 7) is 0.00132. The fourth-order valence-corrected chi connectivity index (χ4v) is 3.52. The van der Waals surface area contributed by atoms with Crippen LogP contribution in [0.4, 0.5) is 0 Å². The van der Waals surface area contributed by atoms with Gasteiger partial charge in [-0.2, -0.15) is 11.8 Å². The van der Waals surface area contributed by atoms with Gasteiger partial charge in [0.2, 0.25) is 0 Å². The van der Waals surface area contributed by atoms with Gasteiger partial charge in [0.05, 0.1) is 6.61 Å². The Morgan fingerprint density at radius 3 is 2.52 bits per heavy atom. The number of methoxy groups -OCH3 is 1. The van der Waals surface area contributed by atoms with E-state index in [1.54, 1.807) is 41.5 Å². The fraction of sp³-hybridized carbons (Fsp3) is 0.412.